The van der Waals surface area contributed by atoms with Crippen LogP contribution in [0.4, 0.5) is 0 Å². The van der Waals surface area contributed by atoms with Gasteiger partial charge in [0.25, 0.3) is 0 Å². The summed E-state index contributed by atoms with van der Waals surface area (Å²) in [5, 5.41) is 0. The maximum Gasteiger partial charge on any atom is 0.327 e. The Hall–Kier alpha value is -0.610. The van der Waals surface area contributed by atoms with Crippen molar-refractivity contribution in [3.8, 4) is 0 Å². The van der Waals surface area contributed by atoms with Crippen molar-refractivity contribution < 1.29 is 14.3 Å². The highest BCUT2D eigenvalue weighted by molar-refractivity contribution is 5.80. The van der Waals surface area contributed by atoms with Crippen LogP contribution in [-0.4, -0.2) is 31.3 Å². The SMILES string of the molecule is COC(=O)C(C)(N)COC1CC(C)CC(C)(C)C1. The standard InChI is InChI=1S/C14H27NO3/c1-10-6-11(8-13(2,3)7-10)18-9-14(4,15)12(16)17-5/h10-11H,6-9,15H2,1-5H3. The minimum absolute atomic E-state index is 0.191. The van der Waals surface area contributed by atoms with Crippen LogP contribution in [0.3, 0.4) is 0 Å². The van der Waals surface area contributed by atoms with Gasteiger partial charge in [-0.2, -0.15) is 0 Å². The number of hydrogen-bond acceptors (Lipinski definition) is 4. The number of methoxy groups -OCH3 is 1. The normalized spacial score (nSPS) is 30.6. The average Bonchev–Trinajstić information content (AvgIpc) is 2.22. The van der Waals surface area contributed by atoms with Gasteiger partial charge in [-0.15, -0.1) is 0 Å². The minimum atomic E-state index is -1.06. The van der Waals surface area contributed by atoms with Gasteiger partial charge in [-0.1, -0.05) is 20.8 Å². The Kier molecular flexibility index (Phi) is 4.78. The first kappa shape index (κ1) is 15.4. The van der Waals surface area contributed by atoms with Crippen molar-refractivity contribution in [2.75, 3.05) is 13.7 Å². The van der Waals surface area contributed by atoms with Crippen molar-refractivity contribution in [2.45, 2.75) is 58.6 Å². The van der Waals surface area contributed by atoms with Crippen molar-refractivity contribution in [3.05, 3.63) is 0 Å². The number of esters is 1. The summed E-state index contributed by atoms with van der Waals surface area (Å²) in [5.41, 5.74) is 5.14. The average molecular weight is 257 g/mol. The van der Waals surface area contributed by atoms with E-state index in [2.05, 4.69) is 25.5 Å². The first-order chi connectivity index (χ1) is 8.16. The molecule has 1 saturated carbocycles. The van der Waals surface area contributed by atoms with Crippen LogP contribution >= 0.6 is 0 Å². The lowest BCUT2D eigenvalue weighted by atomic mass is 9.71. The van der Waals surface area contributed by atoms with Crippen molar-refractivity contribution in [1.29, 1.82) is 0 Å². The largest absolute Gasteiger partial charge is 0.468 e. The molecule has 0 aromatic carbocycles. The van der Waals surface area contributed by atoms with Crippen LogP contribution in [0.1, 0.15) is 47.0 Å². The number of rotatable bonds is 4. The molecule has 1 fully saturated rings. The summed E-state index contributed by atoms with van der Waals surface area (Å²) in [4.78, 5) is 11.5. The number of carbonyl (C=O) groups excluding carboxylic acids is 1. The van der Waals surface area contributed by atoms with Gasteiger partial charge in [-0.25, -0.2) is 4.79 Å². The molecule has 106 valence electrons. The van der Waals surface area contributed by atoms with Crippen LogP contribution in [-0.2, 0) is 14.3 Å². The van der Waals surface area contributed by atoms with Crippen LogP contribution in [0.25, 0.3) is 0 Å². The fourth-order valence-corrected chi connectivity index (χ4v) is 2.97. The molecule has 2 N–H and O–H groups in total. The zero-order valence-corrected chi connectivity index (χ0v) is 12.3. The van der Waals surface area contributed by atoms with E-state index in [9.17, 15) is 4.79 Å². The van der Waals surface area contributed by atoms with Crippen molar-refractivity contribution >= 4 is 5.97 Å². The second kappa shape index (κ2) is 5.57. The monoisotopic (exact) mass is 257 g/mol. The van der Waals surface area contributed by atoms with E-state index in [1.807, 2.05) is 0 Å². The molecule has 0 amide bonds. The zero-order chi connectivity index (χ0) is 14.0. The van der Waals surface area contributed by atoms with Gasteiger partial charge >= 0.3 is 5.97 Å². The van der Waals surface area contributed by atoms with E-state index >= 15 is 0 Å². The fourth-order valence-electron chi connectivity index (χ4n) is 2.97. The molecule has 0 aromatic rings. The van der Waals surface area contributed by atoms with Crippen LogP contribution in [0.5, 0.6) is 0 Å². The molecule has 0 heterocycles. The van der Waals surface area contributed by atoms with E-state index in [0.717, 1.165) is 12.8 Å². The third kappa shape index (κ3) is 4.25. The topological polar surface area (TPSA) is 61.5 Å². The Morgan fingerprint density at radius 2 is 2.06 bits per heavy atom. The highest BCUT2D eigenvalue weighted by Gasteiger charge is 2.35. The molecular formula is C14H27NO3. The minimum Gasteiger partial charge on any atom is -0.468 e. The summed E-state index contributed by atoms with van der Waals surface area (Å²) in [6.45, 7) is 8.64. The summed E-state index contributed by atoms with van der Waals surface area (Å²) in [5.74, 6) is 0.228. The van der Waals surface area contributed by atoms with Crippen LogP contribution in [0.2, 0.25) is 0 Å². The van der Waals surface area contributed by atoms with E-state index in [1.165, 1.54) is 13.5 Å². The van der Waals surface area contributed by atoms with Crippen LogP contribution in [0.15, 0.2) is 0 Å². The Morgan fingerprint density at radius 3 is 2.56 bits per heavy atom. The molecule has 3 atom stereocenters. The summed E-state index contributed by atoms with van der Waals surface area (Å²) in [7, 11) is 1.35. The summed E-state index contributed by atoms with van der Waals surface area (Å²) >= 11 is 0. The molecule has 3 unspecified atom stereocenters. The van der Waals surface area contributed by atoms with Crippen LogP contribution in [0, 0.1) is 11.3 Å². The molecule has 0 saturated heterocycles. The molecule has 0 radical (unpaired) electrons. The predicted octanol–water partition coefficient (Wildman–Crippen LogP) is 2.11. The Morgan fingerprint density at radius 1 is 1.44 bits per heavy atom. The number of carbonyl (C=O) groups is 1. The maximum absolute atomic E-state index is 11.5. The number of nitrogens with two attached hydrogens (primary N) is 1. The Bertz CT molecular complexity index is 299. The van der Waals surface area contributed by atoms with Gasteiger partial charge in [0.2, 0.25) is 0 Å². The summed E-state index contributed by atoms with van der Waals surface area (Å²) in [6.07, 6.45) is 3.48. The molecule has 4 nitrogen and oxygen atoms in total. The van der Waals surface area contributed by atoms with E-state index < -0.39 is 11.5 Å². The van der Waals surface area contributed by atoms with Crippen molar-refractivity contribution in [1.82, 2.24) is 0 Å². The summed E-state index contributed by atoms with van der Waals surface area (Å²) < 4.78 is 10.5. The van der Waals surface area contributed by atoms with Gasteiger partial charge in [0, 0.05) is 0 Å². The molecule has 18 heavy (non-hydrogen) atoms. The molecule has 1 rings (SSSR count). The lowest BCUT2D eigenvalue weighted by Gasteiger charge is -2.39. The predicted molar refractivity (Wildman–Crippen MR) is 71.1 cm³/mol. The molecule has 1 aliphatic rings. The van der Waals surface area contributed by atoms with E-state index in [0.29, 0.717) is 11.3 Å². The molecule has 4 heteroatoms. The third-order valence-corrected chi connectivity index (χ3v) is 3.62. The lowest BCUT2D eigenvalue weighted by molar-refractivity contribution is -0.150. The lowest BCUT2D eigenvalue weighted by Crippen LogP contribution is -2.51. The number of ether oxygens (including phenoxy) is 2. The Balaban J connectivity index is 2.50. The van der Waals surface area contributed by atoms with Crippen molar-refractivity contribution in [3.63, 3.8) is 0 Å². The molecule has 0 bridgehead atoms. The first-order valence-electron chi connectivity index (χ1n) is 6.65. The Labute approximate surface area is 110 Å². The third-order valence-electron chi connectivity index (χ3n) is 3.62. The molecule has 0 spiro atoms. The molecule has 0 aromatic heterocycles. The fraction of sp³-hybridized carbons (Fsp3) is 0.929. The van der Waals surface area contributed by atoms with E-state index in [-0.39, 0.29) is 12.7 Å². The van der Waals surface area contributed by atoms with Gasteiger partial charge in [-0.05, 0) is 37.5 Å². The highest BCUT2D eigenvalue weighted by atomic mass is 16.5. The van der Waals surface area contributed by atoms with Gasteiger partial charge < -0.3 is 15.2 Å². The zero-order valence-electron chi connectivity index (χ0n) is 12.3. The summed E-state index contributed by atoms with van der Waals surface area (Å²) in [6, 6.07) is 0. The van der Waals surface area contributed by atoms with Gasteiger partial charge in [0.15, 0.2) is 0 Å². The molecular weight excluding hydrogens is 230 g/mol. The van der Waals surface area contributed by atoms with Gasteiger partial charge in [0.1, 0.15) is 5.54 Å². The van der Waals surface area contributed by atoms with Gasteiger partial charge in [0.05, 0.1) is 19.8 Å². The van der Waals surface area contributed by atoms with Gasteiger partial charge in [-0.3, -0.25) is 0 Å². The van der Waals surface area contributed by atoms with Crippen LogP contribution < -0.4 is 5.73 Å². The number of hydrogen-bond donors (Lipinski definition) is 1. The van der Waals surface area contributed by atoms with Crippen molar-refractivity contribution in [2.24, 2.45) is 17.1 Å². The van der Waals surface area contributed by atoms with E-state index in [1.54, 1.807) is 6.92 Å². The first-order valence-corrected chi connectivity index (χ1v) is 6.65. The quantitative estimate of drug-likeness (QED) is 0.784. The smallest absolute Gasteiger partial charge is 0.327 e. The maximum atomic E-state index is 11.5. The second-order valence-corrected chi connectivity index (χ2v) is 6.76. The molecule has 1 aliphatic carbocycles. The highest BCUT2D eigenvalue weighted by Crippen LogP contribution is 2.39. The second-order valence-electron chi connectivity index (χ2n) is 6.76. The van der Waals surface area contributed by atoms with E-state index in [4.69, 9.17) is 10.5 Å². The molecule has 0 aliphatic heterocycles.